The molecule has 144 valence electrons. The maximum absolute atomic E-state index is 12.2. The summed E-state index contributed by atoms with van der Waals surface area (Å²) in [7, 11) is 0. The lowest BCUT2D eigenvalue weighted by molar-refractivity contribution is 0.0531. The highest BCUT2D eigenvalue weighted by molar-refractivity contribution is 7.98. The van der Waals surface area contributed by atoms with E-state index in [4.69, 9.17) is 10.5 Å². The number of carbonyl (C=O) groups excluding carboxylic acids is 1. The molecule has 3 rings (SSSR count). The fourth-order valence-electron chi connectivity index (χ4n) is 2.61. The van der Waals surface area contributed by atoms with E-state index >= 15 is 0 Å². The van der Waals surface area contributed by atoms with Gasteiger partial charge < -0.3 is 10.5 Å². The Labute approximate surface area is 170 Å². The number of tetrazole rings is 1. The fraction of sp³-hybridized carbons (Fsp3) is 0.278. The number of nitriles is 1. The zero-order chi connectivity index (χ0) is 20.3. The predicted molar refractivity (Wildman–Crippen MR) is 108 cm³/mol. The van der Waals surface area contributed by atoms with Crippen molar-refractivity contribution in [2.24, 2.45) is 0 Å². The van der Waals surface area contributed by atoms with Gasteiger partial charge in [0.05, 0.1) is 17.9 Å². The molecule has 0 unspecified atom stereocenters. The number of carbonyl (C=O) groups is 1. The number of anilines is 1. The molecule has 0 bridgehead atoms. The molecular weight excluding hydrogens is 396 g/mol. The van der Waals surface area contributed by atoms with Crippen LogP contribution < -0.4 is 5.73 Å². The van der Waals surface area contributed by atoms with Crippen molar-refractivity contribution in [2.75, 3.05) is 12.3 Å². The Morgan fingerprint density at radius 2 is 2.21 bits per heavy atom. The van der Waals surface area contributed by atoms with Gasteiger partial charge >= 0.3 is 5.97 Å². The van der Waals surface area contributed by atoms with E-state index in [1.54, 1.807) is 11.6 Å². The second-order valence-electron chi connectivity index (χ2n) is 5.93. The molecule has 0 aliphatic heterocycles. The lowest BCUT2D eigenvalue weighted by atomic mass is 10.1. The molecule has 0 amide bonds. The molecule has 10 heteroatoms. The minimum atomic E-state index is -0.481. The molecule has 2 N–H and O–H groups in total. The first kappa shape index (κ1) is 19.9. The minimum Gasteiger partial charge on any atom is -0.462 e. The van der Waals surface area contributed by atoms with Gasteiger partial charge in [0, 0.05) is 11.3 Å². The minimum absolute atomic E-state index is 0.246. The van der Waals surface area contributed by atoms with Crippen LogP contribution in [0.25, 0.3) is 5.69 Å². The number of nitrogens with two attached hydrogens (primary N) is 1. The summed E-state index contributed by atoms with van der Waals surface area (Å²) in [5.41, 5.74) is 9.77. The van der Waals surface area contributed by atoms with Crippen LogP contribution in [0, 0.1) is 25.2 Å². The Morgan fingerprint density at radius 3 is 2.93 bits per heavy atom. The van der Waals surface area contributed by atoms with Gasteiger partial charge in [0.25, 0.3) is 0 Å². The van der Waals surface area contributed by atoms with Crippen molar-refractivity contribution < 1.29 is 9.53 Å². The third kappa shape index (κ3) is 3.85. The molecule has 0 atom stereocenters. The van der Waals surface area contributed by atoms with E-state index in [0.717, 1.165) is 28.2 Å². The average Bonchev–Trinajstić information content (AvgIpc) is 3.25. The SMILES string of the molecule is CCOC(=O)c1sc(N)c(C#N)c1CSc1nnnn1-c1cc(C)ccc1C. The fourth-order valence-corrected chi connectivity index (χ4v) is 4.55. The number of thiophene rings is 1. The zero-order valence-electron chi connectivity index (χ0n) is 15.6. The average molecular weight is 415 g/mol. The van der Waals surface area contributed by atoms with E-state index in [-0.39, 0.29) is 6.61 Å². The number of rotatable bonds is 6. The molecule has 2 heterocycles. The summed E-state index contributed by atoms with van der Waals surface area (Å²) in [5.74, 6) is -0.166. The number of hydrogen-bond donors (Lipinski definition) is 1. The monoisotopic (exact) mass is 414 g/mol. The van der Waals surface area contributed by atoms with Gasteiger partial charge in [-0.1, -0.05) is 23.9 Å². The van der Waals surface area contributed by atoms with Crippen LogP contribution in [0.5, 0.6) is 0 Å². The molecule has 0 saturated heterocycles. The first-order valence-electron chi connectivity index (χ1n) is 8.43. The maximum Gasteiger partial charge on any atom is 0.348 e. The summed E-state index contributed by atoms with van der Waals surface area (Å²) in [4.78, 5) is 12.6. The van der Waals surface area contributed by atoms with Gasteiger partial charge in [-0.05, 0) is 48.4 Å². The molecule has 0 saturated carbocycles. The quantitative estimate of drug-likeness (QED) is 0.482. The van der Waals surface area contributed by atoms with Crippen molar-refractivity contribution in [3.05, 3.63) is 45.3 Å². The van der Waals surface area contributed by atoms with Crippen LogP contribution in [0.1, 0.15) is 38.8 Å². The lowest BCUT2D eigenvalue weighted by Crippen LogP contribution is -2.06. The highest BCUT2D eigenvalue weighted by atomic mass is 32.2. The van der Waals surface area contributed by atoms with Crippen molar-refractivity contribution in [1.29, 1.82) is 5.26 Å². The van der Waals surface area contributed by atoms with Gasteiger partial charge in [-0.2, -0.15) is 9.94 Å². The van der Waals surface area contributed by atoms with Gasteiger partial charge in [-0.15, -0.1) is 16.4 Å². The topological polar surface area (TPSA) is 120 Å². The Morgan fingerprint density at radius 1 is 1.43 bits per heavy atom. The summed E-state index contributed by atoms with van der Waals surface area (Å²) >= 11 is 2.39. The maximum atomic E-state index is 12.2. The van der Waals surface area contributed by atoms with E-state index in [2.05, 4.69) is 21.6 Å². The number of benzene rings is 1. The van der Waals surface area contributed by atoms with Gasteiger partial charge in [0.2, 0.25) is 5.16 Å². The summed E-state index contributed by atoms with van der Waals surface area (Å²) in [6, 6.07) is 8.11. The summed E-state index contributed by atoms with van der Waals surface area (Å²) in [6.45, 7) is 5.96. The van der Waals surface area contributed by atoms with Crippen LogP contribution in [0.2, 0.25) is 0 Å². The van der Waals surface area contributed by atoms with Crippen LogP contribution in [0.4, 0.5) is 5.00 Å². The summed E-state index contributed by atoms with van der Waals surface area (Å²) in [5, 5.41) is 22.3. The molecule has 2 aromatic heterocycles. The van der Waals surface area contributed by atoms with Crippen LogP contribution >= 0.6 is 23.1 Å². The molecule has 0 fully saturated rings. The van der Waals surface area contributed by atoms with E-state index in [1.807, 2.05) is 32.0 Å². The number of ether oxygens (including phenoxy) is 1. The predicted octanol–water partition coefficient (Wildman–Crippen LogP) is 3.26. The van der Waals surface area contributed by atoms with Crippen LogP contribution in [0.15, 0.2) is 23.4 Å². The number of thioether (sulfide) groups is 1. The number of aromatic nitrogens is 4. The molecule has 1 aromatic carbocycles. The van der Waals surface area contributed by atoms with Crippen LogP contribution in [0.3, 0.4) is 0 Å². The molecule has 0 aliphatic rings. The Hall–Kier alpha value is -2.90. The Bertz CT molecular complexity index is 1070. The van der Waals surface area contributed by atoms with E-state index in [9.17, 15) is 10.1 Å². The van der Waals surface area contributed by atoms with Gasteiger partial charge in [-0.3, -0.25) is 0 Å². The standard InChI is InChI=1S/C18H18N6O2S2/c1-4-26-17(25)15-13(12(8-19)16(20)28-15)9-27-18-21-22-23-24(18)14-7-10(2)5-6-11(14)3/h5-7H,4,9,20H2,1-3H3. The largest absolute Gasteiger partial charge is 0.462 e. The first-order chi connectivity index (χ1) is 13.5. The molecule has 0 radical (unpaired) electrons. The number of nitrogens with zero attached hydrogens (tertiary/aromatic N) is 5. The van der Waals surface area contributed by atoms with Crippen molar-refractivity contribution in [1.82, 2.24) is 20.2 Å². The third-order valence-corrected chi connectivity index (χ3v) is 5.97. The van der Waals surface area contributed by atoms with Crippen molar-refractivity contribution in [3.63, 3.8) is 0 Å². The van der Waals surface area contributed by atoms with E-state index in [0.29, 0.717) is 31.9 Å². The first-order valence-corrected chi connectivity index (χ1v) is 10.2. The Balaban J connectivity index is 1.93. The highest BCUT2D eigenvalue weighted by Gasteiger charge is 2.24. The van der Waals surface area contributed by atoms with Gasteiger partial charge in [0.15, 0.2) is 0 Å². The Kier molecular flexibility index (Phi) is 5.96. The van der Waals surface area contributed by atoms with Crippen LogP contribution in [-0.4, -0.2) is 32.8 Å². The normalized spacial score (nSPS) is 10.6. The number of aryl methyl sites for hydroxylation is 2. The molecular formula is C18H18N6O2S2. The molecule has 0 spiro atoms. The van der Waals surface area contributed by atoms with Crippen molar-refractivity contribution in [3.8, 4) is 11.8 Å². The number of hydrogen-bond acceptors (Lipinski definition) is 9. The highest BCUT2D eigenvalue weighted by Crippen LogP contribution is 2.35. The zero-order valence-corrected chi connectivity index (χ0v) is 17.2. The van der Waals surface area contributed by atoms with Crippen molar-refractivity contribution >= 4 is 34.1 Å². The summed E-state index contributed by atoms with van der Waals surface area (Å²) in [6.07, 6.45) is 0. The molecule has 8 nitrogen and oxygen atoms in total. The lowest BCUT2D eigenvalue weighted by Gasteiger charge is -2.09. The van der Waals surface area contributed by atoms with Gasteiger partial charge in [0.1, 0.15) is 15.9 Å². The summed E-state index contributed by atoms with van der Waals surface area (Å²) < 4.78 is 6.74. The number of nitrogen functional groups attached to an aromatic ring is 1. The smallest absolute Gasteiger partial charge is 0.348 e. The van der Waals surface area contributed by atoms with Gasteiger partial charge in [-0.25, -0.2) is 4.79 Å². The van der Waals surface area contributed by atoms with Crippen molar-refractivity contribution in [2.45, 2.75) is 31.7 Å². The molecule has 3 aromatic rings. The molecule has 0 aliphatic carbocycles. The van der Waals surface area contributed by atoms with E-state index in [1.165, 1.54) is 11.8 Å². The number of esters is 1. The second-order valence-corrected chi connectivity index (χ2v) is 7.93. The third-order valence-electron chi connectivity index (χ3n) is 3.99. The van der Waals surface area contributed by atoms with E-state index < -0.39 is 5.97 Å². The van der Waals surface area contributed by atoms with Crippen LogP contribution in [-0.2, 0) is 10.5 Å². The molecule has 28 heavy (non-hydrogen) atoms. The second kappa shape index (κ2) is 8.41.